The molecule has 0 saturated heterocycles. The highest BCUT2D eigenvalue weighted by atomic mass is 14.9. The van der Waals surface area contributed by atoms with Crippen LogP contribution in [0.5, 0.6) is 0 Å². The second-order valence-corrected chi connectivity index (χ2v) is 4.87. The minimum atomic E-state index is 0.520. The van der Waals surface area contributed by atoms with Gasteiger partial charge in [-0.05, 0) is 24.1 Å². The maximum Gasteiger partial charge on any atom is 0.111 e. The van der Waals surface area contributed by atoms with E-state index in [0.717, 1.165) is 28.8 Å². The van der Waals surface area contributed by atoms with Crippen molar-refractivity contribution in [2.24, 2.45) is 5.73 Å². The molecule has 19 heavy (non-hydrogen) atoms. The van der Waals surface area contributed by atoms with Gasteiger partial charge in [0.2, 0.25) is 0 Å². The lowest BCUT2D eigenvalue weighted by Gasteiger charge is -1.99. The second-order valence-electron chi connectivity index (χ2n) is 4.87. The molecule has 3 nitrogen and oxygen atoms in total. The Balaban J connectivity index is 1.98. The monoisotopic (exact) mass is 251 g/mol. The van der Waals surface area contributed by atoms with E-state index in [1.54, 1.807) is 0 Å². The maximum absolute atomic E-state index is 5.74. The summed E-state index contributed by atoms with van der Waals surface area (Å²) in [4.78, 5) is 8.04. The quantitative estimate of drug-likeness (QED) is 0.752. The van der Waals surface area contributed by atoms with E-state index in [2.05, 4.69) is 41.2 Å². The van der Waals surface area contributed by atoms with E-state index in [9.17, 15) is 0 Å². The molecule has 0 aliphatic carbocycles. The first-order valence-electron chi connectivity index (χ1n) is 6.48. The van der Waals surface area contributed by atoms with E-state index in [1.165, 1.54) is 11.1 Å². The Morgan fingerprint density at radius 1 is 1.16 bits per heavy atom. The first kappa shape index (κ1) is 11.9. The maximum atomic E-state index is 5.74. The van der Waals surface area contributed by atoms with Crippen molar-refractivity contribution in [3.8, 4) is 0 Å². The molecule has 0 spiro atoms. The molecule has 0 aliphatic rings. The summed E-state index contributed by atoms with van der Waals surface area (Å²) in [5, 5.41) is 0. The molecule has 3 aromatic rings. The summed E-state index contributed by atoms with van der Waals surface area (Å²) in [5.74, 6) is 0.988. The highest BCUT2D eigenvalue weighted by Gasteiger charge is 2.06. The number of aromatic amines is 1. The average Bonchev–Trinajstić information content (AvgIpc) is 2.80. The summed E-state index contributed by atoms with van der Waals surface area (Å²) >= 11 is 0. The van der Waals surface area contributed by atoms with E-state index >= 15 is 0 Å². The molecule has 1 heterocycles. The summed E-state index contributed by atoms with van der Waals surface area (Å²) in [6.45, 7) is 2.63. The third kappa shape index (κ3) is 2.37. The summed E-state index contributed by atoms with van der Waals surface area (Å²) in [7, 11) is 0. The lowest BCUT2D eigenvalue weighted by atomic mass is 10.1. The second kappa shape index (κ2) is 4.86. The zero-order valence-corrected chi connectivity index (χ0v) is 11.0. The largest absolute Gasteiger partial charge is 0.342 e. The lowest BCUT2D eigenvalue weighted by Crippen LogP contribution is -1.96. The molecular formula is C16H17N3. The van der Waals surface area contributed by atoms with Crippen LogP contribution in [-0.2, 0) is 13.0 Å². The van der Waals surface area contributed by atoms with Crippen molar-refractivity contribution in [3.63, 3.8) is 0 Å². The molecule has 2 aromatic carbocycles. The van der Waals surface area contributed by atoms with Crippen molar-refractivity contribution >= 4 is 11.0 Å². The van der Waals surface area contributed by atoms with Gasteiger partial charge in [-0.15, -0.1) is 0 Å². The molecule has 0 saturated carbocycles. The minimum Gasteiger partial charge on any atom is -0.342 e. The van der Waals surface area contributed by atoms with Crippen molar-refractivity contribution in [2.75, 3.05) is 0 Å². The van der Waals surface area contributed by atoms with Gasteiger partial charge < -0.3 is 10.7 Å². The zero-order chi connectivity index (χ0) is 13.2. The van der Waals surface area contributed by atoms with Crippen molar-refractivity contribution in [3.05, 3.63) is 65.0 Å². The number of hydrogen-bond donors (Lipinski definition) is 2. The number of nitrogens with two attached hydrogens (primary N) is 1. The topological polar surface area (TPSA) is 54.7 Å². The van der Waals surface area contributed by atoms with Crippen LogP contribution >= 0.6 is 0 Å². The standard InChI is InChI=1S/C16H17N3/c1-11-4-2-5-12(8-11)9-15-18-14-7-3-6-13(10-17)16(14)19-15/h2-8H,9-10,17H2,1H3,(H,18,19). The van der Waals surface area contributed by atoms with Crippen molar-refractivity contribution in [1.29, 1.82) is 0 Å². The molecule has 3 rings (SSSR count). The Morgan fingerprint density at radius 2 is 2.00 bits per heavy atom. The molecule has 96 valence electrons. The molecule has 0 radical (unpaired) electrons. The average molecular weight is 251 g/mol. The van der Waals surface area contributed by atoms with E-state index < -0.39 is 0 Å². The Bertz CT molecular complexity index is 713. The van der Waals surface area contributed by atoms with Gasteiger partial charge in [-0.2, -0.15) is 0 Å². The normalized spacial score (nSPS) is 11.1. The van der Waals surface area contributed by atoms with E-state index in [0.29, 0.717) is 6.54 Å². The summed E-state index contributed by atoms with van der Waals surface area (Å²) in [5.41, 5.74) is 11.4. The Hall–Kier alpha value is -2.13. The Morgan fingerprint density at radius 3 is 2.79 bits per heavy atom. The van der Waals surface area contributed by atoms with Gasteiger partial charge in [0.1, 0.15) is 5.82 Å². The number of hydrogen-bond acceptors (Lipinski definition) is 2. The number of rotatable bonds is 3. The SMILES string of the molecule is Cc1cccc(Cc2nc3c(CN)cccc3[nH]2)c1. The van der Waals surface area contributed by atoms with Crippen LogP contribution in [0.3, 0.4) is 0 Å². The predicted molar refractivity (Wildman–Crippen MR) is 78.0 cm³/mol. The van der Waals surface area contributed by atoms with Crippen molar-refractivity contribution in [2.45, 2.75) is 19.9 Å². The molecule has 0 unspecified atom stereocenters. The predicted octanol–water partition coefficient (Wildman–Crippen LogP) is 2.92. The first-order valence-corrected chi connectivity index (χ1v) is 6.48. The van der Waals surface area contributed by atoms with Crippen LogP contribution in [-0.4, -0.2) is 9.97 Å². The first-order chi connectivity index (χ1) is 9.26. The number of imidazole rings is 1. The molecule has 0 fully saturated rings. The number of aryl methyl sites for hydroxylation is 1. The van der Waals surface area contributed by atoms with E-state index in [-0.39, 0.29) is 0 Å². The van der Waals surface area contributed by atoms with Gasteiger partial charge in [-0.1, -0.05) is 42.0 Å². The molecule has 0 aliphatic heterocycles. The molecule has 0 bridgehead atoms. The van der Waals surface area contributed by atoms with Crippen LogP contribution in [0.15, 0.2) is 42.5 Å². The summed E-state index contributed by atoms with van der Waals surface area (Å²) in [6.07, 6.45) is 0.820. The van der Waals surface area contributed by atoms with E-state index in [1.807, 2.05) is 18.2 Å². The number of benzene rings is 2. The zero-order valence-electron chi connectivity index (χ0n) is 11.0. The third-order valence-electron chi connectivity index (χ3n) is 3.32. The number of aromatic nitrogens is 2. The summed E-state index contributed by atoms with van der Waals surface area (Å²) < 4.78 is 0. The lowest BCUT2D eigenvalue weighted by molar-refractivity contribution is 1.03. The third-order valence-corrected chi connectivity index (χ3v) is 3.32. The highest BCUT2D eigenvalue weighted by Crippen LogP contribution is 2.18. The molecule has 3 heteroatoms. The van der Waals surface area contributed by atoms with Crippen LogP contribution in [0.4, 0.5) is 0 Å². The minimum absolute atomic E-state index is 0.520. The van der Waals surface area contributed by atoms with Gasteiger partial charge in [0, 0.05) is 13.0 Å². The number of H-pyrrole nitrogens is 1. The van der Waals surface area contributed by atoms with Gasteiger partial charge in [0.25, 0.3) is 0 Å². The fourth-order valence-corrected chi connectivity index (χ4v) is 2.41. The molecule has 0 atom stereocenters. The fourth-order valence-electron chi connectivity index (χ4n) is 2.41. The molecule has 3 N–H and O–H groups in total. The number of nitrogens with one attached hydrogen (secondary N) is 1. The van der Waals surface area contributed by atoms with Crippen LogP contribution in [0.1, 0.15) is 22.5 Å². The van der Waals surface area contributed by atoms with Crippen molar-refractivity contribution in [1.82, 2.24) is 9.97 Å². The number of para-hydroxylation sites is 1. The molecule has 0 amide bonds. The Labute approximate surface area is 112 Å². The van der Waals surface area contributed by atoms with Crippen LogP contribution in [0.25, 0.3) is 11.0 Å². The van der Waals surface area contributed by atoms with Gasteiger partial charge >= 0.3 is 0 Å². The van der Waals surface area contributed by atoms with Gasteiger partial charge in [0.15, 0.2) is 0 Å². The van der Waals surface area contributed by atoms with Crippen LogP contribution in [0, 0.1) is 6.92 Å². The summed E-state index contributed by atoms with van der Waals surface area (Å²) in [6, 6.07) is 14.6. The highest BCUT2D eigenvalue weighted by molar-refractivity contribution is 5.78. The van der Waals surface area contributed by atoms with Gasteiger partial charge in [-0.25, -0.2) is 4.98 Å². The smallest absolute Gasteiger partial charge is 0.111 e. The van der Waals surface area contributed by atoms with Crippen LogP contribution in [0.2, 0.25) is 0 Å². The number of fused-ring (bicyclic) bond motifs is 1. The fraction of sp³-hybridized carbons (Fsp3) is 0.188. The Kier molecular flexibility index (Phi) is 3.05. The molecular weight excluding hydrogens is 234 g/mol. The van der Waals surface area contributed by atoms with Gasteiger partial charge in [-0.3, -0.25) is 0 Å². The van der Waals surface area contributed by atoms with Crippen LogP contribution < -0.4 is 5.73 Å². The van der Waals surface area contributed by atoms with Gasteiger partial charge in [0.05, 0.1) is 11.0 Å². The van der Waals surface area contributed by atoms with E-state index in [4.69, 9.17) is 5.73 Å². The van der Waals surface area contributed by atoms with Crippen molar-refractivity contribution < 1.29 is 0 Å². The number of nitrogens with zero attached hydrogens (tertiary/aromatic N) is 1. The molecule has 1 aromatic heterocycles.